The van der Waals surface area contributed by atoms with E-state index in [0.29, 0.717) is 23.2 Å². The summed E-state index contributed by atoms with van der Waals surface area (Å²) in [4.78, 5) is 0. The minimum atomic E-state index is -0.858. The molecule has 0 radical (unpaired) electrons. The van der Waals surface area contributed by atoms with Crippen molar-refractivity contribution in [2.24, 2.45) is 34.5 Å². The van der Waals surface area contributed by atoms with Crippen molar-refractivity contribution in [3.05, 3.63) is 0 Å². The maximum Gasteiger partial charge on any atom is 0.0933 e. The summed E-state index contributed by atoms with van der Waals surface area (Å²) in [5.74, 6) is 2.73. The molecule has 0 bridgehead atoms. The van der Waals surface area contributed by atoms with Crippen molar-refractivity contribution in [1.82, 2.24) is 0 Å². The Morgan fingerprint density at radius 3 is 2.39 bits per heavy atom. The highest BCUT2D eigenvalue weighted by Gasteiger charge is 2.64. The molecular weight excluding hydrogens is 288 g/mol. The maximum atomic E-state index is 11.0. The van der Waals surface area contributed by atoms with Crippen LogP contribution in [0.25, 0.3) is 0 Å². The largest absolute Gasteiger partial charge is 0.393 e. The molecule has 4 rings (SSSR count). The van der Waals surface area contributed by atoms with Crippen molar-refractivity contribution in [3.63, 3.8) is 0 Å². The van der Waals surface area contributed by atoms with Crippen LogP contribution in [0.15, 0.2) is 0 Å². The standard InChI is InChI=1S/C20H34O3/c1-18-8-5-14(22)11-13(18)3-4-15-16(18)6-9-19(2)17(15)7-10-20(19,23)12-21/h13-17,21-23H,3-12H2,1-2H3/t13-,14+,15+,16-,17-,18-,19-,20-/m0/s1. The van der Waals surface area contributed by atoms with Crippen LogP contribution in [0.5, 0.6) is 0 Å². The average molecular weight is 322 g/mol. The third-order valence-electron chi connectivity index (χ3n) is 9.22. The van der Waals surface area contributed by atoms with Gasteiger partial charge in [-0.05, 0) is 86.9 Å². The van der Waals surface area contributed by atoms with E-state index < -0.39 is 5.60 Å². The van der Waals surface area contributed by atoms with Crippen molar-refractivity contribution in [3.8, 4) is 0 Å². The van der Waals surface area contributed by atoms with Crippen LogP contribution in [0.3, 0.4) is 0 Å². The first-order chi connectivity index (χ1) is 10.8. The second-order valence-corrected chi connectivity index (χ2v) is 9.77. The van der Waals surface area contributed by atoms with Gasteiger partial charge in [-0.15, -0.1) is 0 Å². The van der Waals surface area contributed by atoms with E-state index in [4.69, 9.17) is 0 Å². The van der Waals surface area contributed by atoms with Crippen LogP contribution in [-0.2, 0) is 0 Å². The van der Waals surface area contributed by atoms with Gasteiger partial charge < -0.3 is 15.3 Å². The summed E-state index contributed by atoms with van der Waals surface area (Å²) in [5, 5.41) is 30.9. The number of hydrogen-bond acceptors (Lipinski definition) is 3. The lowest BCUT2D eigenvalue weighted by molar-refractivity contribution is -0.168. The van der Waals surface area contributed by atoms with Gasteiger partial charge in [0, 0.05) is 5.41 Å². The highest BCUT2D eigenvalue weighted by atomic mass is 16.3. The van der Waals surface area contributed by atoms with E-state index in [0.717, 1.165) is 38.0 Å². The molecule has 3 heteroatoms. The first kappa shape index (κ1) is 16.4. The smallest absolute Gasteiger partial charge is 0.0933 e. The van der Waals surface area contributed by atoms with Gasteiger partial charge in [0.1, 0.15) is 0 Å². The van der Waals surface area contributed by atoms with Crippen LogP contribution in [0.2, 0.25) is 0 Å². The first-order valence-corrected chi connectivity index (χ1v) is 9.85. The van der Waals surface area contributed by atoms with E-state index in [1.807, 2.05) is 0 Å². The Hall–Kier alpha value is -0.120. The maximum absolute atomic E-state index is 11.0. The summed E-state index contributed by atoms with van der Waals surface area (Å²) >= 11 is 0. The second-order valence-electron chi connectivity index (χ2n) is 9.77. The van der Waals surface area contributed by atoms with Gasteiger partial charge in [-0.1, -0.05) is 13.8 Å². The van der Waals surface area contributed by atoms with Crippen LogP contribution in [0.1, 0.15) is 71.6 Å². The van der Waals surface area contributed by atoms with Crippen LogP contribution in [0.4, 0.5) is 0 Å². The zero-order chi connectivity index (χ0) is 16.5. The van der Waals surface area contributed by atoms with E-state index in [1.165, 1.54) is 25.7 Å². The second kappa shape index (κ2) is 5.19. The monoisotopic (exact) mass is 322 g/mol. The Morgan fingerprint density at radius 2 is 1.65 bits per heavy atom. The molecule has 0 aromatic rings. The number of rotatable bonds is 1. The molecule has 23 heavy (non-hydrogen) atoms. The first-order valence-electron chi connectivity index (χ1n) is 9.85. The normalized spacial score (nSPS) is 59.1. The van der Waals surface area contributed by atoms with Crippen molar-refractivity contribution in [2.75, 3.05) is 6.61 Å². The molecule has 4 saturated carbocycles. The zero-order valence-corrected chi connectivity index (χ0v) is 14.8. The molecule has 8 atom stereocenters. The van der Waals surface area contributed by atoms with Gasteiger partial charge in [0.2, 0.25) is 0 Å². The van der Waals surface area contributed by atoms with Gasteiger partial charge in [-0.2, -0.15) is 0 Å². The van der Waals surface area contributed by atoms with Crippen LogP contribution in [0, 0.1) is 34.5 Å². The van der Waals surface area contributed by atoms with E-state index in [2.05, 4.69) is 13.8 Å². The fourth-order valence-corrected chi connectivity index (χ4v) is 7.61. The Bertz CT molecular complexity index is 480. The number of fused-ring (bicyclic) bond motifs is 5. The summed E-state index contributed by atoms with van der Waals surface area (Å²) in [6.07, 6.45) is 9.69. The highest BCUT2D eigenvalue weighted by Crippen LogP contribution is 2.68. The summed E-state index contributed by atoms with van der Waals surface area (Å²) in [6.45, 7) is 4.66. The molecule has 4 fully saturated rings. The summed E-state index contributed by atoms with van der Waals surface area (Å²) < 4.78 is 0. The molecule has 0 heterocycles. The molecule has 0 amide bonds. The minimum Gasteiger partial charge on any atom is -0.393 e. The SMILES string of the molecule is C[C@]12CC[C@@H](O)C[C@@H]1CC[C@@H]1[C@@H]2CC[C@@]2(C)[C@H]1CC[C@]2(O)CO. The van der Waals surface area contributed by atoms with Crippen molar-refractivity contribution in [2.45, 2.75) is 83.3 Å². The average Bonchev–Trinajstić information content (AvgIpc) is 2.80. The lowest BCUT2D eigenvalue weighted by Crippen LogP contribution is -2.57. The minimum absolute atomic E-state index is 0.0792. The molecule has 3 nitrogen and oxygen atoms in total. The molecule has 4 aliphatic rings. The molecule has 0 aromatic heterocycles. The zero-order valence-electron chi connectivity index (χ0n) is 14.8. The number of aliphatic hydroxyl groups excluding tert-OH is 2. The highest BCUT2D eigenvalue weighted by molar-refractivity contribution is 5.13. The Balaban J connectivity index is 1.63. The molecule has 0 saturated heterocycles. The van der Waals surface area contributed by atoms with Crippen molar-refractivity contribution in [1.29, 1.82) is 0 Å². The van der Waals surface area contributed by atoms with Crippen LogP contribution in [-0.4, -0.2) is 33.6 Å². The summed E-state index contributed by atoms with van der Waals surface area (Å²) in [6, 6.07) is 0. The van der Waals surface area contributed by atoms with Gasteiger partial charge in [0.05, 0.1) is 18.3 Å². The van der Waals surface area contributed by atoms with Crippen LogP contribution < -0.4 is 0 Å². The predicted molar refractivity (Wildman–Crippen MR) is 89.8 cm³/mol. The van der Waals surface area contributed by atoms with Crippen LogP contribution >= 0.6 is 0 Å². The third kappa shape index (κ3) is 2.05. The lowest BCUT2D eigenvalue weighted by Gasteiger charge is -2.61. The van der Waals surface area contributed by atoms with Gasteiger partial charge in [0.15, 0.2) is 0 Å². The van der Waals surface area contributed by atoms with Crippen molar-refractivity contribution < 1.29 is 15.3 Å². The van der Waals surface area contributed by atoms with E-state index in [1.54, 1.807) is 0 Å². The molecule has 0 unspecified atom stereocenters. The Kier molecular flexibility index (Phi) is 3.69. The van der Waals surface area contributed by atoms with E-state index >= 15 is 0 Å². The molecule has 4 aliphatic carbocycles. The van der Waals surface area contributed by atoms with Gasteiger partial charge >= 0.3 is 0 Å². The van der Waals surface area contributed by atoms with E-state index in [-0.39, 0.29) is 18.1 Å². The molecule has 0 aromatic carbocycles. The fourth-order valence-electron chi connectivity index (χ4n) is 7.61. The number of aliphatic hydroxyl groups is 3. The molecule has 0 aliphatic heterocycles. The van der Waals surface area contributed by atoms with Gasteiger partial charge in [0.25, 0.3) is 0 Å². The lowest BCUT2D eigenvalue weighted by atomic mass is 9.44. The summed E-state index contributed by atoms with van der Waals surface area (Å²) in [5.41, 5.74) is -0.563. The number of hydrogen-bond donors (Lipinski definition) is 3. The van der Waals surface area contributed by atoms with Crippen molar-refractivity contribution >= 4 is 0 Å². The topological polar surface area (TPSA) is 60.7 Å². The van der Waals surface area contributed by atoms with Gasteiger partial charge in [-0.3, -0.25) is 0 Å². The van der Waals surface area contributed by atoms with E-state index in [9.17, 15) is 15.3 Å². The molecule has 0 spiro atoms. The molecule has 132 valence electrons. The Labute approximate surface area is 140 Å². The third-order valence-corrected chi connectivity index (χ3v) is 9.22. The fraction of sp³-hybridized carbons (Fsp3) is 1.00. The van der Waals surface area contributed by atoms with Gasteiger partial charge in [-0.25, -0.2) is 0 Å². The molecular formula is C20H34O3. The predicted octanol–water partition coefficient (Wildman–Crippen LogP) is 3.11. The Morgan fingerprint density at radius 1 is 0.913 bits per heavy atom. The quantitative estimate of drug-likeness (QED) is 0.695. The molecule has 3 N–H and O–H groups in total. The summed E-state index contributed by atoms with van der Waals surface area (Å²) in [7, 11) is 0.